The molecule has 7 heteroatoms. The normalized spacial score (nSPS) is 12.4. The van der Waals surface area contributed by atoms with Crippen LogP contribution >= 0.6 is 0 Å². The Morgan fingerprint density at radius 3 is 2.62 bits per heavy atom. The average molecular weight is 396 g/mol. The first-order chi connectivity index (χ1) is 13.8. The largest absolute Gasteiger partial charge is 0.508 e. The third kappa shape index (κ3) is 4.50. The van der Waals surface area contributed by atoms with E-state index in [0.29, 0.717) is 25.1 Å². The first-order valence-corrected chi connectivity index (χ1v) is 9.89. The second-order valence-corrected chi connectivity index (χ2v) is 7.76. The lowest BCUT2D eigenvalue weighted by atomic mass is 10.0. The number of fused-ring (bicyclic) bond motifs is 1. The minimum Gasteiger partial charge on any atom is -0.508 e. The van der Waals surface area contributed by atoms with Crippen molar-refractivity contribution in [2.24, 2.45) is 13.0 Å². The molecule has 0 bridgehead atoms. The lowest BCUT2D eigenvalue weighted by Crippen LogP contribution is -2.33. The molecule has 0 aliphatic carbocycles. The number of aromatic nitrogens is 3. The molecule has 1 amide bonds. The molecule has 2 N–H and O–H groups in total. The summed E-state index contributed by atoms with van der Waals surface area (Å²) in [6, 6.07) is 10.5. The van der Waals surface area contributed by atoms with Crippen LogP contribution in [0.2, 0.25) is 0 Å². The predicted octanol–water partition coefficient (Wildman–Crippen LogP) is 3.04. The van der Waals surface area contributed by atoms with Crippen LogP contribution in [0.5, 0.6) is 5.75 Å². The van der Waals surface area contributed by atoms with E-state index in [9.17, 15) is 14.7 Å². The van der Waals surface area contributed by atoms with Gasteiger partial charge in [-0.2, -0.15) is 0 Å². The summed E-state index contributed by atoms with van der Waals surface area (Å²) in [6.45, 7) is 6.31. The monoisotopic (exact) mass is 396 g/mol. The van der Waals surface area contributed by atoms with E-state index >= 15 is 0 Å². The quantitative estimate of drug-likeness (QED) is 0.642. The highest BCUT2D eigenvalue weighted by Crippen LogP contribution is 2.25. The number of aromatic hydroxyl groups is 1. The molecule has 154 valence electrons. The van der Waals surface area contributed by atoms with Gasteiger partial charge < -0.3 is 19.6 Å². The van der Waals surface area contributed by atoms with Crippen molar-refractivity contribution in [1.82, 2.24) is 19.4 Å². The summed E-state index contributed by atoms with van der Waals surface area (Å²) in [7, 11) is 1.96. The SMILES string of the molecule is Cc1cc(O)cc(=O)n1CCCC(=O)N[C@H](c1nc2ccccc2n1C)C(C)C. The van der Waals surface area contributed by atoms with Crippen LogP contribution in [0.4, 0.5) is 0 Å². The first kappa shape index (κ1) is 20.6. The van der Waals surface area contributed by atoms with Gasteiger partial charge in [-0.25, -0.2) is 4.98 Å². The van der Waals surface area contributed by atoms with Crippen LogP contribution in [-0.4, -0.2) is 25.1 Å². The van der Waals surface area contributed by atoms with E-state index in [1.807, 2.05) is 35.9 Å². The number of hydrogen-bond acceptors (Lipinski definition) is 4. The Kier molecular flexibility index (Phi) is 6.06. The Bertz CT molecular complexity index is 1080. The van der Waals surface area contributed by atoms with Gasteiger partial charge in [0.05, 0.1) is 17.1 Å². The van der Waals surface area contributed by atoms with Crippen LogP contribution in [0.25, 0.3) is 11.0 Å². The van der Waals surface area contributed by atoms with Gasteiger partial charge in [-0.15, -0.1) is 0 Å². The Morgan fingerprint density at radius 1 is 1.24 bits per heavy atom. The molecule has 0 unspecified atom stereocenters. The van der Waals surface area contributed by atoms with E-state index < -0.39 is 0 Å². The highest BCUT2D eigenvalue weighted by molar-refractivity contribution is 5.78. The summed E-state index contributed by atoms with van der Waals surface area (Å²) in [5, 5.41) is 12.6. The average Bonchev–Trinajstić information content (AvgIpc) is 2.98. The van der Waals surface area contributed by atoms with Gasteiger partial charge in [0.25, 0.3) is 5.56 Å². The molecule has 2 aromatic heterocycles. The van der Waals surface area contributed by atoms with Gasteiger partial charge >= 0.3 is 0 Å². The number of pyridine rings is 1. The molecule has 0 radical (unpaired) electrons. The number of benzene rings is 1. The molecule has 0 aliphatic heterocycles. The van der Waals surface area contributed by atoms with Crippen LogP contribution in [-0.2, 0) is 18.4 Å². The summed E-state index contributed by atoms with van der Waals surface area (Å²) >= 11 is 0. The molecule has 3 rings (SSSR count). The van der Waals surface area contributed by atoms with Crippen molar-refractivity contribution in [3.05, 3.63) is 58.3 Å². The van der Waals surface area contributed by atoms with Crippen molar-refractivity contribution < 1.29 is 9.90 Å². The zero-order valence-corrected chi connectivity index (χ0v) is 17.3. The molecule has 0 saturated carbocycles. The van der Waals surface area contributed by atoms with Crippen molar-refractivity contribution in [1.29, 1.82) is 0 Å². The van der Waals surface area contributed by atoms with Gasteiger partial charge in [-0.3, -0.25) is 9.59 Å². The van der Waals surface area contributed by atoms with Crippen LogP contribution in [0, 0.1) is 12.8 Å². The number of hydrogen-bond donors (Lipinski definition) is 2. The van der Waals surface area contributed by atoms with E-state index in [0.717, 1.165) is 16.9 Å². The predicted molar refractivity (Wildman–Crippen MR) is 113 cm³/mol. The second kappa shape index (κ2) is 8.51. The Hall–Kier alpha value is -3.09. The number of carbonyl (C=O) groups is 1. The van der Waals surface area contributed by atoms with Gasteiger partial charge in [0.1, 0.15) is 11.6 Å². The van der Waals surface area contributed by atoms with Gasteiger partial charge in [-0.1, -0.05) is 26.0 Å². The maximum absolute atomic E-state index is 12.6. The van der Waals surface area contributed by atoms with Crippen molar-refractivity contribution in [2.75, 3.05) is 0 Å². The van der Waals surface area contributed by atoms with Crippen LogP contribution < -0.4 is 10.9 Å². The molecule has 7 nitrogen and oxygen atoms in total. The zero-order valence-electron chi connectivity index (χ0n) is 17.3. The highest BCUT2D eigenvalue weighted by Gasteiger charge is 2.23. The van der Waals surface area contributed by atoms with E-state index in [1.54, 1.807) is 17.6 Å². The van der Waals surface area contributed by atoms with Gasteiger partial charge in [0.15, 0.2) is 0 Å². The fourth-order valence-corrected chi connectivity index (χ4v) is 3.61. The molecule has 2 heterocycles. The smallest absolute Gasteiger partial charge is 0.254 e. The third-order valence-corrected chi connectivity index (χ3v) is 5.19. The van der Waals surface area contributed by atoms with E-state index in [-0.39, 0.29) is 29.2 Å². The summed E-state index contributed by atoms with van der Waals surface area (Å²) < 4.78 is 3.60. The molecule has 0 fully saturated rings. The minimum absolute atomic E-state index is 0.0382. The number of para-hydroxylation sites is 2. The van der Waals surface area contributed by atoms with Gasteiger partial charge in [0, 0.05) is 31.8 Å². The first-order valence-electron chi connectivity index (χ1n) is 9.89. The number of nitrogens with one attached hydrogen (secondary N) is 1. The maximum atomic E-state index is 12.6. The Morgan fingerprint density at radius 2 is 1.97 bits per heavy atom. The molecule has 0 spiro atoms. The van der Waals surface area contributed by atoms with Crippen molar-refractivity contribution in [2.45, 2.75) is 46.2 Å². The molecule has 29 heavy (non-hydrogen) atoms. The molecule has 0 saturated heterocycles. The Balaban J connectivity index is 1.67. The lowest BCUT2D eigenvalue weighted by molar-refractivity contribution is -0.122. The minimum atomic E-state index is -0.261. The number of imidazole rings is 1. The zero-order chi connectivity index (χ0) is 21.1. The maximum Gasteiger partial charge on any atom is 0.254 e. The molecular formula is C22H28N4O3. The number of rotatable bonds is 7. The molecule has 0 aliphatic rings. The highest BCUT2D eigenvalue weighted by atomic mass is 16.3. The fraction of sp³-hybridized carbons (Fsp3) is 0.409. The van der Waals surface area contributed by atoms with Crippen molar-refractivity contribution in [3.63, 3.8) is 0 Å². The second-order valence-electron chi connectivity index (χ2n) is 7.76. The van der Waals surface area contributed by atoms with Crippen LogP contribution in [0.3, 0.4) is 0 Å². The van der Waals surface area contributed by atoms with Crippen molar-refractivity contribution in [3.8, 4) is 5.75 Å². The summed E-state index contributed by atoms with van der Waals surface area (Å²) in [5.41, 5.74) is 2.36. The standard InChI is InChI=1S/C22H28N4O3/c1-14(2)21(22-23-17-8-5-6-9-18(17)25(22)4)24-19(28)10-7-11-26-15(3)12-16(27)13-20(26)29/h5-6,8-9,12-14,21,27H,7,10-11H2,1-4H3,(H,24,28)/t21-/m0/s1. The fourth-order valence-electron chi connectivity index (χ4n) is 3.61. The summed E-state index contributed by atoms with van der Waals surface area (Å²) in [6.07, 6.45) is 0.838. The molecule has 1 atom stereocenters. The van der Waals surface area contributed by atoms with E-state index in [1.165, 1.54) is 6.07 Å². The topological polar surface area (TPSA) is 89.2 Å². The molecule has 1 aromatic carbocycles. The van der Waals surface area contributed by atoms with E-state index in [2.05, 4.69) is 19.2 Å². The van der Waals surface area contributed by atoms with Crippen LogP contribution in [0.1, 0.15) is 44.2 Å². The van der Waals surface area contributed by atoms with Gasteiger partial charge in [-0.05, 0) is 37.5 Å². The Labute approximate surface area is 170 Å². The third-order valence-electron chi connectivity index (χ3n) is 5.19. The summed E-state index contributed by atoms with van der Waals surface area (Å²) in [5.74, 6) is 0.903. The van der Waals surface area contributed by atoms with Crippen molar-refractivity contribution >= 4 is 16.9 Å². The molecule has 3 aromatic rings. The van der Waals surface area contributed by atoms with Gasteiger partial charge in [0.2, 0.25) is 5.91 Å². The lowest BCUT2D eigenvalue weighted by Gasteiger charge is -2.22. The number of aryl methyl sites for hydroxylation is 2. The number of nitrogens with zero attached hydrogens (tertiary/aromatic N) is 3. The van der Waals surface area contributed by atoms with E-state index in [4.69, 9.17) is 4.98 Å². The summed E-state index contributed by atoms with van der Waals surface area (Å²) in [4.78, 5) is 29.3. The number of amides is 1. The number of carbonyl (C=O) groups excluding carboxylic acids is 1. The molecular weight excluding hydrogens is 368 g/mol. The van der Waals surface area contributed by atoms with Crippen LogP contribution in [0.15, 0.2) is 41.2 Å².